The first kappa shape index (κ1) is 13.9. The molecule has 20 heavy (non-hydrogen) atoms. The third kappa shape index (κ3) is 3.50. The van der Waals surface area contributed by atoms with Gasteiger partial charge in [0, 0.05) is 29.7 Å². The first-order valence-corrected chi connectivity index (χ1v) is 6.21. The topological polar surface area (TPSA) is 74.2 Å². The molecule has 0 aliphatic rings. The van der Waals surface area contributed by atoms with Crippen LogP contribution in [0.4, 0.5) is 0 Å². The molecule has 0 radical (unpaired) electrons. The van der Waals surface area contributed by atoms with Gasteiger partial charge in [-0.05, 0) is 18.6 Å². The summed E-state index contributed by atoms with van der Waals surface area (Å²) in [5.74, 6) is 0.452. The van der Waals surface area contributed by atoms with Crippen molar-refractivity contribution in [3.8, 4) is 17.3 Å². The van der Waals surface area contributed by atoms with Crippen LogP contribution in [0.3, 0.4) is 0 Å². The highest BCUT2D eigenvalue weighted by molar-refractivity contribution is 5.70. The summed E-state index contributed by atoms with van der Waals surface area (Å²) < 4.78 is 9.85. The van der Waals surface area contributed by atoms with E-state index in [2.05, 4.69) is 19.7 Å². The van der Waals surface area contributed by atoms with Gasteiger partial charge in [-0.15, -0.1) is 0 Å². The molecule has 2 aromatic heterocycles. The summed E-state index contributed by atoms with van der Waals surface area (Å²) in [6.45, 7) is 1.81. The van der Waals surface area contributed by atoms with Crippen molar-refractivity contribution in [1.82, 2.24) is 15.0 Å². The number of hydrogen-bond donors (Lipinski definition) is 0. The fourth-order valence-corrected chi connectivity index (χ4v) is 1.55. The van der Waals surface area contributed by atoms with Crippen LogP contribution in [-0.4, -0.2) is 34.6 Å². The van der Waals surface area contributed by atoms with Crippen molar-refractivity contribution in [1.29, 1.82) is 0 Å². The van der Waals surface area contributed by atoms with Crippen molar-refractivity contribution in [2.24, 2.45) is 0 Å². The number of rotatable bonds is 5. The summed E-state index contributed by atoms with van der Waals surface area (Å²) in [7, 11) is 1.31. The van der Waals surface area contributed by atoms with Gasteiger partial charge in [0.15, 0.2) is 12.4 Å². The molecule has 0 fully saturated rings. The van der Waals surface area contributed by atoms with Gasteiger partial charge in [-0.2, -0.15) is 4.98 Å². The Morgan fingerprint density at radius 3 is 2.65 bits per heavy atom. The van der Waals surface area contributed by atoms with Gasteiger partial charge in [-0.3, -0.25) is 4.98 Å². The predicted octanol–water partition coefficient (Wildman–Crippen LogP) is 1.65. The summed E-state index contributed by atoms with van der Waals surface area (Å²) in [4.78, 5) is 23.8. The van der Waals surface area contributed by atoms with E-state index in [1.165, 1.54) is 7.11 Å². The van der Waals surface area contributed by atoms with Crippen LogP contribution in [0.2, 0.25) is 0 Å². The highest BCUT2D eigenvalue weighted by atomic mass is 16.6. The van der Waals surface area contributed by atoms with Crippen LogP contribution in [0.15, 0.2) is 30.6 Å². The fraction of sp³-hybridized carbons (Fsp3) is 0.286. The maximum Gasteiger partial charge on any atom is 0.343 e. The number of ether oxygens (including phenoxy) is 2. The molecule has 0 atom stereocenters. The molecule has 0 saturated heterocycles. The van der Waals surface area contributed by atoms with Gasteiger partial charge < -0.3 is 9.47 Å². The summed E-state index contributed by atoms with van der Waals surface area (Å²) in [5.41, 5.74) is 1.69. The summed E-state index contributed by atoms with van der Waals surface area (Å²) in [6, 6.07) is 5.35. The second-order valence-electron chi connectivity index (χ2n) is 3.98. The Bertz CT molecular complexity index is 587. The first-order chi connectivity index (χ1) is 9.72. The molecule has 0 N–H and O–H groups in total. The van der Waals surface area contributed by atoms with Crippen LogP contribution in [0.25, 0.3) is 11.4 Å². The van der Waals surface area contributed by atoms with E-state index < -0.39 is 5.97 Å². The maximum absolute atomic E-state index is 11.1. The molecule has 0 amide bonds. The standard InChI is InChI=1S/C14H15N3O3/c1-3-11-8-12(20-9-13(18)19-2)17-14(16-11)10-4-6-15-7-5-10/h4-8H,3,9H2,1-2H3. The van der Waals surface area contributed by atoms with Gasteiger partial charge in [-0.25, -0.2) is 9.78 Å². The molecule has 0 aromatic carbocycles. The zero-order chi connectivity index (χ0) is 14.4. The Labute approximate surface area is 116 Å². The molecule has 0 saturated carbocycles. The zero-order valence-electron chi connectivity index (χ0n) is 11.4. The Hall–Kier alpha value is -2.50. The van der Waals surface area contributed by atoms with E-state index in [1.54, 1.807) is 18.5 Å². The maximum atomic E-state index is 11.1. The Kier molecular flexibility index (Phi) is 4.60. The summed E-state index contributed by atoms with van der Waals surface area (Å²) in [6.07, 6.45) is 4.09. The molecule has 0 unspecified atom stereocenters. The molecular weight excluding hydrogens is 258 g/mol. The monoisotopic (exact) mass is 273 g/mol. The van der Waals surface area contributed by atoms with Crippen LogP contribution >= 0.6 is 0 Å². The average Bonchev–Trinajstić information content (AvgIpc) is 2.53. The molecule has 0 aliphatic heterocycles. The minimum Gasteiger partial charge on any atom is -0.466 e. The molecule has 0 bridgehead atoms. The van der Waals surface area contributed by atoms with E-state index in [1.807, 2.05) is 19.1 Å². The van der Waals surface area contributed by atoms with Crippen molar-refractivity contribution in [2.45, 2.75) is 13.3 Å². The number of hydrogen-bond acceptors (Lipinski definition) is 6. The number of pyridine rings is 1. The molecular formula is C14H15N3O3. The van der Waals surface area contributed by atoms with Gasteiger partial charge in [0.05, 0.1) is 7.11 Å². The molecule has 0 spiro atoms. The molecule has 6 heteroatoms. The average molecular weight is 273 g/mol. The second-order valence-corrected chi connectivity index (χ2v) is 3.98. The first-order valence-electron chi connectivity index (χ1n) is 6.21. The highest BCUT2D eigenvalue weighted by Crippen LogP contribution is 2.18. The van der Waals surface area contributed by atoms with Crippen LogP contribution in [-0.2, 0) is 16.0 Å². The number of nitrogens with zero attached hydrogens (tertiary/aromatic N) is 3. The van der Waals surface area contributed by atoms with Gasteiger partial charge >= 0.3 is 5.97 Å². The number of aromatic nitrogens is 3. The number of methoxy groups -OCH3 is 1. The molecule has 2 aromatic rings. The molecule has 2 rings (SSSR count). The SMILES string of the molecule is CCc1cc(OCC(=O)OC)nc(-c2ccncc2)n1. The number of aryl methyl sites for hydroxylation is 1. The van der Waals surface area contributed by atoms with Crippen LogP contribution in [0.5, 0.6) is 5.88 Å². The number of carbonyl (C=O) groups is 1. The molecule has 104 valence electrons. The Balaban J connectivity index is 2.27. The number of carbonyl (C=O) groups excluding carboxylic acids is 1. The van der Waals surface area contributed by atoms with Crippen molar-refractivity contribution in [3.05, 3.63) is 36.3 Å². The van der Waals surface area contributed by atoms with E-state index in [0.717, 1.165) is 17.7 Å². The zero-order valence-corrected chi connectivity index (χ0v) is 11.4. The van der Waals surface area contributed by atoms with E-state index in [-0.39, 0.29) is 6.61 Å². The van der Waals surface area contributed by atoms with Crippen LogP contribution in [0, 0.1) is 0 Å². The molecule has 2 heterocycles. The lowest BCUT2D eigenvalue weighted by atomic mass is 10.2. The van der Waals surface area contributed by atoms with E-state index >= 15 is 0 Å². The van der Waals surface area contributed by atoms with Crippen molar-refractivity contribution in [3.63, 3.8) is 0 Å². The second kappa shape index (κ2) is 6.60. The van der Waals surface area contributed by atoms with Crippen molar-refractivity contribution >= 4 is 5.97 Å². The van der Waals surface area contributed by atoms with E-state index in [4.69, 9.17) is 4.74 Å². The third-order valence-electron chi connectivity index (χ3n) is 2.62. The Morgan fingerprint density at radius 1 is 1.25 bits per heavy atom. The number of esters is 1. The van der Waals surface area contributed by atoms with Gasteiger partial charge in [0.1, 0.15) is 0 Å². The predicted molar refractivity (Wildman–Crippen MR) is 72.2 cm³/mol. The lowest BCUT2D eigenvalue weighted by Gasteiger charge is -2.08. The minimum absolute atomic E-state index is 0.174. The third-order valence-corrected chi connectivity index (χ3v) is 2.62. The van der Waals surface area contributed by atoms with Crippen molar-refractivity contribution in [2.75, 3.05) is 13.7 Å². The van der Waals surface area contributed by atoms with Gasteiger partial charge in [0.25, 0.3) is 0 Å². The quantitative estimate of drug-likeness (QED) is 0.771. The fourth-order valence-electron chi connectivity index (χ4n) is 1.55. The molecule has 0 aliphatic carbocycles. The summed E-state index contributed by atoms with van der Waals surface area (Å²) in [5, 5.41) is 0. The minimum atomic E-state index is -0.452. The molecule has 6 nitrogen and oxygen atoms in total. The van der Waals surface area contributed by atoms with Crippen molar-refractivity contribution < 1.29 is 14.3 Å². The highest BCUT2D eigenvalue weighted by Gasteiger charge is 2.09. The van der Waals surface area contributed by atoms with Gasteiger partial charge in [0.2, 0.25) is 5.88 Å². The lowest BCUT2D eigenvalue weighted by Crippen LogP contribution is -2.13. The van der Waals surface area contributed by atoms with E-state index in [0.29, 0.717) is 11.7 Å². The van der Waals surface area contributed by atoms with E-state index in [9.17, 15) is 4.79 Å². The van der Waals surface area contributed by atoms with Crippen LogP contribution in [0.1, 0.15) is 12.6 Å². The lowest BCUT2D eigenvalue weighted by molar-refractivity contribution is -0.143. The normalized spacial score (nSPS) is 10.1. The Morgan fingerprint density at radius 2 is 2.00 bits per heavy atom. The summed E-state index contributed by atoms with van der Waals surface area (Å²) >= 11 is 0. The smallest absolute Gasteiger partial charge is 0.343 e. The largest absolute Gasteiger partial charge is 0.466 e. The van der Waals surface area contributed by atoms with Crippen LogP contribution < -0.4 is 4.74 Å². The van der Waals surface area contributed by atoms with Gasteiger partial charge in [-0.1, -0.05) is 6.92 Å².